The molecule has 1 aliphatic carbocycles. The van der Waals surface area contributed by atoms with E-state index in [0.717, 1.165) is 97.8 Å². The van der Waals surface area contributed by atoms with E-state index >= 15 is 0 Å². The molecule has 0 bridgehead atoms. The summed E-state index contributed by atoms with van der Waals surface area (Å²) in [5.74, 6) is 1.14. The van der Waals surface area contributed by atoms with Gasteiger partial charge >= 0.3 is 6.03 Å². The molecule has 0 radical (unpaired) electrons. The molecular weight excluding hydrogens is 731 g/mol. The third kappa shape index (κ3) is 10.6. The number of aryl methyl sites for hydroxylation is 1. The summed E-state index contributed by atoms with van der Waals surface area (Å²) >= 11 is 0. The molecule has 5 heterocycles. The van der Waals surface area contributed by atoms with E-state index in [1.54, 1.807) is 41.4 Å². The molecule has 14 heteroatoms. The predicted octanol–water partition coefficient (Wildman–Crippen LogP) is 6.66. The van der Waals surface area contributed by atoms with Crippen LogP contribution in [0, 0.1) is 0 Å². The zero-order valence-corrected chi connectivity index (χ0v) is 34.1. The topological polar surface area (TPSA) is 142 Å². The molecule has 1 aromatic carbocycles. The summed E-state index contributed by atoms with van der Waals surface area (Å²) in [6, 6.07) is 8.30. The molecule has 0 saturated carbocycles. The summed E-state index contributed by atoms with van der Waals surface area (Å²) in [6.07, 6.45) is 22.6. The number of nitrogen functional groups attached to an aromatic ring is 1. The fourth-order valence-corrected chi connectivity index (χ4v) is 7.74. The van der Waals surface area contributed by atoms with E-state index in [9.17, 15) is 9.59 Å². The number of allylic oxidation sites excluding steroid dienone is 6. The van der Waals surface area contributed by atoms with Gasteiger partial charge in [0, 0.05) is 88.7 Å². The first-order valence-electron chi connectivity index (χ1n) is 19.9. The first kappa shape index (κ1) is 41.5. The second kappa shape index (κ2) is 19.3. The Balaban J connectivity index is 0.000000319. The monoisotopic (exact) mass is 787 g/mol. The Hall–Kier alpha value is -6.15. The van der Waals surface area contributed by atoms with E-state index in [1.807, 2.05) is 48.4 Å². The van der Waals surface area contributed by atoms with Gasteiger partial charge in [0.25, 0.3) is 0 Å². The standard InChI is InChI=1S/C33H43N7O3.C11H14N4/c1-24-3-6-27(36-16-11-28(12-17-36)37-18-13-29(14-19-37)40-23-26(34)21-35-40)7-10-31(24)38-20-15-32(41)39(33(38)42)22-25-4-8-30(43-2)9-5-25;1-5-9(2)6-12-10(3)14-11-7-13-15(4)8-11/h3-5,7-10,21,23,28-29H,6,11-20,22,34H2,1-2H3;5-8,14H,1-3H2,4H3/b;12-6-. The van der Waals surface area contributed by atoms with Gasteiger partial charge in [-0.1, -0.05) is 44.0 Å². The van der Waals surface area contributed by atoms with Gasteiger partial charge < -0.3 is 25.6 Å². The van der Waals surface area contributed by atoms with E-state index in [2.05, 4.69) is 75.2 Å². The highest BCUT2D eigenvalue weighted by Crippen LogP contribution is 2.31. The number of nitrogens with zero attached hydrogens (tertiary/aromatic N) is 9. The third-order valence-corrected chi connectivity index (χ3v) is 11.1. The van der Waals surface area contributed by atoms with Gasteiger partial charge in [-0.05, 0) is 73.6 Å². The van der Waals surface area contributed by atoms with E-state index in [4.69, 9.17) is 10.5 Å². The van der Waals surface area contributed by atoms with Gasteiger partial charge in [-0.2, -0.15) is 10.2 Å². The van der Waals surface area contributed by atoms with Gasteiger partial charge in [-0.15, -0.1) is 0 Å². The third-order valence-electron chi connectivity index (χ3n) is 11.1. The van der Waals surface area contributed by atoms with Crippen LogP contribution in [0.2, 0.25) is 0 Å². The number of aromatic nitrogens is 4. The lowest BCUT2D eigenvalue weighted by molar-refractivity contribution is -0.131. The first-order valence-corrected chi connectivity index (χ1v) is 19.9. The van der Waals surface area contributed by atoms with Crippen LogP contribution in [0.5, 0.6) is 5.75 Å². The number of rotatable bonds is 12. The Labute approximate surface area is 342 Å². The number of aliphatic imine (C=N–C) groups is 1. The number of nitrogens with two attached hydrogens (primary N) is 1. The number of likely N-dealkylation sites (tertiary alicyclic amines) is 2. The van der Waals surface area contributed by atoms with Crippen molar-refractivity contribution in [3.63, 3.8) is 0 Å². The molecule has 14 nitrogen and oxygen atoms in total. The van der Waals surface area contributed by atoms with E-state index in [0.29, 0.717) is 30.9 Å². The quantitative estimate of drug-likeness (QED) is 0.152. The molecule has 58 heavy (non-hydrogen) atoms. The highest BCUT2D eigenvalue weighted by molar-refractivity contribution is 5.97. The van der Waals surface area contributed by atoms with E-state index < -0.39 is 0 Å². The molecule has 3 aliphatic heterocycles. The minimum absolute atomic E-state index is 0.137. The molecule has 2 aromatic heterocycles. The van der Waals surface area contributed by atoms with Crippen LogP contribution in [-0.2, 0) is 18.4 Å². The Morgan fingerprint density at radius 3 is 2.34 bits per heavy atom. The minimum Gasteiger partial charge on any atom is -0.497 e. The van der Waals surface area contributed by atoms with Crippen LogP contribution in [-0.4, -0.2) is 103 Å². The van der Waals surface area contributed by atoms with Crippen LogP contribution in [0.1, 0.15) is 57.1 Å². The van der Waals surface area contributed by atoms with Crippen LogP contribution >= 0.6 is 0 Å². The van der Waals surface area contributed by atoms with E-state index in [-0.39, 0.29) is 18.5 Å². The number of ether oxygens (including phenoxy) is 1. The first-order chi connectivity index (χ1) is 28.0. The van der Waals surface area contributed by atoms with Gasteiger partial charge in [0.1, 0.15) is 11.6 Å². The second-order valence-corrected chi connectivity index (χ2v) is 15.1. The number of benzene rings is 1. The molecule has 3 saturated heterocycles. The van der Waals surface area contributed by atoms with Crippen molar-refractivity contribution < 1.29 is 14.3 Å². The summed E-state index contributed by atoms with van der Waals surface area (Å²) in [7, 11) is 3.46. The number of imide groups is 1. The molecule has 0 atom stereocenters. The number of piperidine rings is 2. The van der Waals surface area contributed by atoms with Crippen molar-refractivity contribution in [1.29, 1.82) is 0 Å². The van der Waals surface area contributed by atoms with Gasteiger partial charge in [-0.25, -0.2) is 9.79 Å². The lowest BCUT2D eigenvalue weighted by Gasteiger charge is -2.42. The maximum absolute atomic E-state index is 13.6. The number of hydrogen-bond acceptors (Lipinski definition) is 10. The van der Waals surface area contributed by atoms with Gasteiger partial charge in [0.15, 0.2) is 0 Å². The summed E-state index contributed by atoms with van der Waals surface area (Å²) in [6.45, 7) is 18.0. The molecule has 3 fully saturated rings. The van der Waals surface area contributed by atoms with Crippen LogP contribution in [0.4, 0.5) is 16.2 Å². The fourth-order valence-electron chi connectivity index (χ4n) is 7.74. The Morgan fingerprint density at radius 2 is 1.71 bits per heavy atom. The number of carbonyl (C=O) groups excluding carboxylic acids is 2. The van der Waals surface area contributed by atoms with Gasteiger partial charge in [0.2, 0.25) is 5.91 Å². The number of methoxy groups -OCH3 is 1. The number of hydrogen-bond donors (Lipinski definition) is 2. The zero-order valence-electron chi connectivity index (χ0n) is 34.1. The summed E-state index contributed by atoms with van der Waals surface area (Å²) in [4.78, 5) is 38.7. The molecular formula is C44H57N11O3. The molecule has 3 N–H and O–H groups in total. The average Bonchev–Trinajstić information content (AvgIpc) is 3.82. The Bertz CT molecular complexity index is 2070. The largest absolute Gasteiger partial charge is 0.497 e. The number of urea groups is 1. The minimum atomic E-state index is -0.261. The molecule has 0 unspecified atom stereocenters. The highest BCUT2D eigenvalue weighted by atomic mass is 16.5. The summed E-state index contributed by atoms with van der Waals surface area (Å²) in [5.41, 5.74) is 12.3. The number of anilines is 2. The lowest BCUT2D eigenvalue weighted by atomic mass is 9.97. The molecule has 3 amide bonds. The SMILES string of the molecule is C=CC(=C)/C=N\C(=C)Nc1cnn(C)c1.COc1ccc(CN2C(=O)CCN(C3=CC=C(N4CCC(N5CCC(n6cc(N)cn6)CC5)CC4)CC=C3C)C2=O)cc1. The van der Waals surface area contributed by atoms with Crippen molar-refractivity contribution in [3.05, 3.63) is 127 Å². The normalized spacial score (nSPS) is 18.5. The summed E-state index contributed by atoms with van der Waals surface area (Å²) in [5, 5.41) is 11.4. The Kier molecular flexibility index (Phi) is 13.8. The van der Waals surface area contributed by atoms with Crippen molar-refractivity contribution in [2.45, 2.75) is 64.1 Å². The van der Waals surface area contributed by atoms with Crippen molar-refractivity contribution in [3.8, 4) is 5.75 Å². The van der Waals surface area contributed by atoms with Gasteiger partial charge in [0.05, 0.1) is 43.5 Å². The molecule has 306 valence electrons. The average molecular weight is 788 g/mol. The van der Waals surface area contributed by atoms with Gasteiger partial charge in [-0.3, -0.25) is 24.0 Å². The molecule has 3 aromatic rings. The predicted molar refractivity (Wildman–Crippen MR) is 230 cm³/mol. The van der Waals surface area contributed by atoms with Crippen LogP contribution < -0.4 is 15.8 Å². The zero-order chi connectivity index (χ0) is 41.2. The maximum atomic E-state index is 13.6. The number of carbonyl (C=O) groups is 2. The Morgan fingerprint density at radius 1 is 0.983 bits per heavy atom. The fraction of sp³-hybridized carbons (Fsp3) is 0.386. The van der Waals surface area contributed by atoms with Crippen molar-refractivity contribution in [1.82, 2.24) is 39.2 Å². The molecule has 4 aliphatic rings. The molecule has 0 spiro atoms. The number of nitrogens with one attached hydrogen (secondary N) is 1. The van der Waals surface area contributed by atoms with Crippen LogP contribution in [0.25, 0.3) is 0 Å². The lowest BCUT2D eigenvalue weighted by Crippen LogP contribution is -2.51. The second-order valence-electron chi connectivity index (χ2n) is 15.1. The summed E-state index contributed by atoms with van der Waals surface area (Å²) < 4.78 is 8.98. The van der Waals surface area contributed by atoms with Crippen LogP contribution in [0.3, 0.4) is 0 Å². The highest BCUT2D eigenvalue weighted by Gasteiger charge is 2.35. The smallest absolute Gasteiger partial charge is 0.331 e. The van der Waals surface area contributed by atoms with Crippen molar-refractivity contribution >= 4 is 29.5 Å². The molecule has 7 rings (SSSR count). The maximum Gasteiger partial charge on any atom is 0.331 e. The van der Waals surface area contributed by atoms with Crippen LogP contribution in [0.15, 0.2) is 126 Å². The van der Waals surface area contributed by atoms with Crippen molar-refractivity contribution in [2.75, 3.05) is 50.9 Å². The number of amides is 3. The van der Waals surface area contributed by atoms with E-state index in [1.165, 1.54) is 10.6 Å². The van der Waals surface area contributed by atoms with Crippen molar-refractivity contribution in [2.24, 2.45) is 12.0 Å².